The number of hydrogen-bond donors (Lipinski definition) is 0. The summed E-state index contributed by atoms with van der Waals surface area (Å²) in [7, 11) is 2.76. The number of allylic oxidation sites excluding steroid dienone is 2. The molecule has 1 fully saturated rings. The molecular formula is C17H26O4. The van der Waals surface area contributed by atoms with Crippen LogP contribution in [0.25, 0.3) is 0 Å². The van der Waals surface area contributed by atoms with Crippen LogP contribution in [0, 0.1) is 28.1 Å². The molecule has 1 saturated carbocycles. The third kappa shape index (κ3) is 1.41. The Morgan fingerprint density at radius 3 is 1.33 bits per heavy atom. The largest absolute Gasteiger partial charge is 0.469 e. The second-order valence-corrected chi connectivity index (χ2v) is 7.28. The molecule has 2 rings (SSSR count). The number of esters is 2. The maximum atomic E-state index is 12.5. The number of fused-ring (bicyclic) bond motifs is 2. The summed E-state index contributed by atoms with van der Waals surface area (Å²) in [6.45, 7) is 12.6. The first-order valence-corrected chi connectivity index (χ1v) is 7.37. The Kier molecular flexibility index (Phi) is 3.32. The van der Waals surface area contributed by atoms with Gasteiger partial charge in [-0.1, -0.05) is 38.8 Å². The van der Waals surface area contributed by atoms with Crippen molar-refractivity contribution in [2.24, 2.45) is 28.1 Å². The van der Waals surface area contributed by atoms with Gasteiger partial charge in [0, 0.05) is 10.8 Å². The molecule has 2 aliphatic rings. The highest BCUT2D eigenvalue weighted by Gasteiger charge is 2.77. The van der Waals surface area contributed by atoms with Crippen molar-refractivity contribution >= 4 is 11.9 Å². The minimum atomic E-state index is -0.501. The minimum absolute atomic E-state index is 0.230. The molecule has 0 saturated heterocycles. The van der Waals surface area contributed by atoms with Gasteiger partial charge in [0.25, 0.3) is 0 Å². The lowest BCUT2D eigenvalue weighted by molar-refractivity contribution is -0.161. The van der Waals surface area contributed by atoms with Crippen LogP contribution in [0.4, 0.5) is 0 Å². The summed E-state index contributed by atoms with van der Waals surface area (Å²) in [5, 5.41) is 0. The van der Waals surface area contributed by atoms with Crippen molar-refractivity contribution in [3.63, 3.8) is 0 Å². The van der Waals surface area contributed by atoms with E-state index < -0.39 is 22.7 Å². The highest BCUT2D eigenvalue weighted by Crippen LogP contribution is 2.78. The summed E-state index contributed by atoms with van der Waals surface area (Å²) < 4.78 is 10.1. The number of ether oxygens (including phenoxy) is 2. The summed E-state index contributed by atoms with van der Waals surface area (Å²) in [5.41, 5.74) is 1.36. The monoisotopic (exact) mass is 294 g/mol. The third-order valence-electron chi connectivity index (χ3n) is 7.20. The molecule has 0 aliphatic heterocycles. The molecule has 2 bridgehead atoms. The van der Waals surface area contributed by atoms with Crippen molar-refractivity contribution in [3.8, 4) is 0 Å². The zero-order valence-electron chi connectivity index (χ0n) is 14.3. The Balaban J connectivity index is 2.79. The van der Waals surface area contributed by atoms with Gasteiger partial charge in [-0.3, -0.25) is 9.59 Å². The average Bonchev–Trinajstić information content (AvgIpc) is 2.65. The molecule has 4 atom stereocenters. The summed E-state index contributed by atoms with van der Waals surface area (Å²) >= 11 is 0. The van der Waals surface area contributed by atoms with Gasteiger partial charge in [-0.05, 0) is 19.3 Å². The van der Waals surface area contributed by atoms with Crippen molar-refractivity contribution in [2.75, 3.05) is 14.2 Å². The quantitative estimate of drug-likeness (QED) is 0.580. The smallest absolute Gasteiger partial charge is 0.310 e. The zero-order chi connectivity index (χ0) is 16.4. The molecule has 0 amide bonds. The molecule has 0 aromatic heterocycles. The van der Waals surface area contributed by atoms with Crippen LogP contribution in [-0.2, 0) is 19.1 Å². The molecular weight excluding hydrogens is 268 g/mol. The van der Waals surface area contributed by atoms with Crippen LogP contribution in [0.2, 0.25) is 0 Å². The van der Waals surface area contributed by atoms with Gasteiger partial charge in [0.2, 0.25) is 0 Å². The van der Waals surface area contributed by atoms with E-state index in [1.807, 2.05) is 0 Å². The lowest BCUT2D eigenvalue weighted by Crippen LogP contribution is -2.43. The average molecular weight is 294 g/mol. The van der Waals surface area contributed by atoms with Crippen molar-refractivity contribution < 1.29 is 19.1 Å². The van der Waals surface area contributed by atoms with Gasteiger partial charge in [0.15, 0.2) is 0 Å². The fourth-order valence-corrected chi connectivity index (χ4v) is 5.16. The molecule has 0 heterocycles. The van der Waals surface area contributed by atoms with Crippen molar-refractivity contribution in [1.29, 1.82) is 0 Å². The Morgan fingerprint density at radius 1 is 0.810 bits per heavy atom. The highest BCUT2D eigenvalue weighted by molar-refractivity contribution is 5.87. The second kappa shape index (κ2) is 4.34. The standard InChI is InChI=1S/C17H26O4/c1-9-10(2)17(6)12(14(19)21-8)11(13(18)20-7)16(9,5)15(17,3)4/h11-12H,1-8H3. The second-order valence-electron chi connectivity index (χ2n) is 7.28. The Morgan fingerprint density at radius 2 is 1.10 bits per heavy atom. The molecule has 4 nitrogen and oxygen atoms in total. The maximum absolute atomic E-state index is 12.5. The van der Waals surface area contributed by atoms with Crippen LogP contribution in [0.15, 0.2) is 11.1 Å². The molecule has 0 radical (unpaired) electrons. The molecule has 0 aromatic carbocycles. The van der Waals surface area contributed by atoms with Gasteiger partial charge < -0.3 is 9.47 Å². The van der Waals surface area contributed by atoms with E-state index in [4.69, 9.17) is 9.47 Å². The predicted octanol–water partition coefficient (Wildman–Crippen LogP) is 2.97. The van der Waals surface area contributed by atoms with Crippen LogP contribution in [0.1, 0.15) is 41.5 Å². The van der Waals surface area contributed by atoms with E-state index in [2.05, 4.69) is 41.5 Å². The number of methoxy groups -OCH3 is 2. The van der Waals surface area contributed by atoms with Gasteiger partial charge in [-0.25, -0.2) is 0 Å². The van der Waals surface area contributed by atoms with E-state index in [0.29, 0.717) is 0 Å². The van der Waals surface area contributed by atoms with Gasteiger partial charge in [0.1, 0.15) is 0 Å². The van der Waals surface area contributed by atoms with E-state index in [1.54, 1.807) is 0 Å². The van der Waals surface area contributed by atoms with Crippen molar-refractivity contribution in [2.45, 2.75) is 41.5 Å². The van der Waals surface area contributed by atoms with Crippen LogP contribution in [0.3, 0.4) is 0 Å². The third-order valence-corrected chi connectivity index (χ3v) is 7.20. The summed E-state index contributed by atoms with van der Waals surface area (Å²) in [6, 6.07) is 0. The number of carbonyl (C=O) groups is 2. The van der Waals surface area contributed by atoms with E-state index >= 15 is 0 Å². The number of hydrogen-bond acceptors (Lipinski definition) is 4. The minimum Gasteiger partial charge on any atom is -0.469 e. The molecule has 0 N–H and O–H groups in total. The van der Waals surface area contributed by atoms with Crippen LogP contribution < -0.4 is 0 Å². The molecule has 2 aliphatic carbocycles. The molecule has 0 spiro atoms. The molecule has 4 heteroatoms. The first kappa shape index (κ1) is 16.1. The van der Waals surface area contributed by atoms with Crippen LogP contribution in [0.5, 0.6) is 0 Å². The molecule has 21 heavy (non-hydrogen) atoms. The van der Waals surface area contributed by atoms with Crippen LogP contribution in [-0.4, -0.2) is 26.2 Å². The summed E-state index contributed by atoms with van der Waals surface area (Å²) in [5.74, 6) is -1.65. The van der Waals surface area contributed by atoms with E-state index in [0.717, 1.165) is 0 Å². The number of rotatable bonds is 2. The molecule has 0 aromatic rings. The molecule has 118 valence electrons. The van der Waals surface area contributed by atoms with Gasteiger partial charge >= 0.3 is 11.9 Å². The van der Waals surface area contributed by atoms with Gasteiger partial charge in [-0.2, -0.15) is 0 Å². The highest BCUT2D eigenvalue weighted by atomic mass is 16.5. The van der Waals surface area contributed by atoms with Gasteiger partial charge in [-0.15, -0.1) is 0 Å². The van der Waals surface area contributed by atoms with Crippen LogP contribution >= 0.6 is 0 Å². The fraction of sp³-hybridized carbons (Fsp3) is 0.765. The Bertz CT molecular complexity index is 499. The SMILES string of the molecule is COC(=O)C1C(C(=O)OC)C2(C)C(C)=C(C)C1(C)C2(C)C. The number of carbonyl (C=O) groups excluding carboxylic acids is 2. The summed E-state index contributed by atoms with van der Waals surface area (Å²) in [6.07, 6.45) is 0. The van der Waals surface area contributed by atoms with E-state index in [-0.39, 0.29) is 17.4 Å². The van der Waals surface area contributed by atoms with E-state index in [1.165, 1.54) is 25.4 Å². The first-order chi connectivity index (χ1) is 9.53. The Labute approximate surface area is 126 Å². The predicted molar refractivity (Wildman–Crippen MR) is 79.4 cm³/mol. The lowest BCUT2D eigenvalue weighted by Gasteiger charge is -2.42. The normalized spacial score (nSPS) is 40.4. The van der Waals surface area contributed by atoms with Crippen molar-refractivity contribution in [1.82, 2.24) is 0 Å². The van der Waals surface area contributed by atoms with Gasteiger partial charge in [0.05, 0.1) is 26.1 Å². The lowest BCUT2D eigenvalue weighted by atomic mass is 9.61. The fourth-order valence-electron chi connectivity index (χ4n) is 5.16. The van der Waals surface area contributed by atoms with Crippen molar-refractivity contribution in [3.05, 3.63) is 11.1 Å². The molecule has 4 unspecified atom stereocenters. The maximum Gasteiger partial charge on any atom is 0.310 e. The Hall–Kier alpha value is -1.32. The topological polar surface area (TPSA) is 52.6 Å². The first-order valence-electron chi connectivity index (χ1n) is 7.37. The summed E-state index contributed by atoms with van der Waals surface area (Å²) in [4.78, 5) is 24.9. The van der Waals surface area contributed by atoms with E-state index in [9.17, 15) is 9.59 Å². The zero-order valence-corrected chi connectivity index (χ0v) is 14.3.